The number of carbonyl (C=O) groups is 8. The molecule has 5 amide bonds. The Labute approximate surface area is 440 Å². The highest BCUT2D eigenvalue weighted by Gasteiger charge is 2.35. The predicted molar refractivity (Wildman–Crippen MR) is 281 cm³/mol. The Morgan fingerprint density at radius 1 is 0.562 bits per heavy atom. The number of likely N-dealkylation sites (tertiary alicyclic amines) is 1. The number of carbonyl (C=O) groups excluding carboxylic acids is 6. The summed E-state index contributed by atoms with van der Waals surface area (Å²) in [4.78, 5) is 98.0. The third-order valence-corrected chi connectivity index (χ3v) is 13.3. The van der Waals surface area contributed by atoms with Gasteiger partial charge in [-0.3, -0.25) is 38.3 Å². The molecule has 1 fully saturated rings. The van der Waals surface area contributed by atoms with E-state index in [9.17, 15) is 43.5 Å². The van der Waals surface area contributed by atoms with E-state index in [0.29, 0.717) is 130 Å². The quantitative estimate of drug-likeness (QED) is 0.0216. The number of piperidine rings is 1. The first-order valence-electron chi connectivity index (χ1n) is 27.4. The number of unbranched alkanes of at least 4 members (excludes halogenated alkanes) is 16. The molecular formula is C52H94N6O14S. The zero-order chi connectivity index (χ0) is 53.6. The van der Waals surface area contributed by atoms with Gasteiger partial charge >= 0.3 is 11.9 Å². The molecule has 0 bridgehead atoms. The van der Waals surface area contributed by atoms with Crippen molar-refractivity contribution in [2.75, 3.05) is 79.0 Å². The Bertz CT molecular complexity index is 1520. The number of aliphatic hydroxyl groups excluding tert-OH is 1. The number of hydrogen-bond acceptors (Lipinski definition) is 14. The van der Waals surface area contributed by atoms with E-state index < -0.39 is 36.0 Å². The molecule has 1 rings (SSSR count). The molecular weight excluding hydrogens is 965 g/mol. The van der Waals surface area contributed by atoms with Crippen molar-refractivity contribution in [3.05, 3.63) is 0 Å². The van der Waals surface area contributed by atoms with E-state index in [1.807, 2.05) is 4.90 Å². The van der Waals surface area contributed by atoms with Crippen LogP contribution < -0.4 is 26.0 Å². The average molecular weight is 1060 g/mol. The Morgan fingerprint density at radius 2 is 0.986 bits per heavy atom. The molecule has 1 aliphatic heterocycles. The van der Waals surface area contributed by atoms with Gasteiger partial charge in [0, 0.05) is 84.0 Å². The topological polar surface area (TPSA) is 288 Å². The third-order valence-electron chi connectivity index (χ3n) is 13.0. The number of aliphatic carboxylic acids is 2. The monoisotopic (exact) mass is 1060 g/mol. The van der Waals surface area contributed by atoms with Gasteiger partial charge in [0.2, 0.25) is 29.5 Å². The standard InChI is InChI=1S/C52H94N6O14S/c59-41-52(42-60,56-50(67)43-27-33-58(34-28-43)48(64)22-15-13-11-9-7-5-3-1-2-4-6-8-10-12-14-16-23-49(65)66)29-26-47(63)55-32-20-36-71-38-40-72-39-37-70-35-19-31-54-46(62)25-24-45(61)53-30-18-17-21-44(57-73)51(68)69/h41,43-44,57,60,73H,1-40,42H2,(H,53,61)(H,54,62)(H,55,63)(H,56,67)(H,65,66)(H,68,69). The highest BCUT2D eigenvalue weighted by Crippen LogP contribution is 2.22. The van der Waals surface area contributed by atoms with Crippen LogP contribution in [0, 0.1) is 5.92 Å². The number of ether oxygens (including phenoxy) is 3. The number of thiol groups is 1. The normalized spacial score (nSPS) is 14.0. The lowest BCUT2D eigenvalue weighted by Gasteiger charge is -2.34. The van der Waals surface area contributed by atoms with E-state index in [1.165, 1.54) is 64.2 Å². The van der Waals surface area contributed by atoms with Crippen LogP contribution in [0.3, 0.4) is 0 Å². The number of hydrogen-bond donors (Lipinski definition) is 9. The van der Waals surface area contributed by atoms with Crippen LogP contribution in [0.4, 0.5) is 0 Å². The van der Waals surface area contributed by atoms with E-state index in [0.717, 1.165) is 38.5 Å². The number of rotatable bonds is 50. The van der Waals surface area contributed by atoms with E-state index in [1.54, 1.807) is 0 Å². The molecule has 21 heteroatoms. The number of amides is 5. The van der Waals surface area contributed by atoms with Gasteiger partial charge in [0.25, 0.3) is 0 Å². The molecule has 73 heavy (non-hydrogen) atoms. The largest absolute Gasteiger partial charge is 0.481 e. The van der Waals surface area contributed by atoms with Crippen LogP contribution in [0.5, 0.6) is 0 Å². The number of aldehydes is 1. The minimum absolute atomic E-state index is 0.0568. The van der Waals surface area contributed by atoms with Gasteiger partial charge in [0.15, 0.2) is 0 Å². The van der Waals surface area contributed by atoms with Crippen LogP contribution in [-0.2, 0) is 52.6 Å². The second kappa shape index (κ2) is 45.5. The Balaban J connectivity index is 2.01. The van der Waals surface area contributed by atoms with Crippen molar-refractivity contribution in [1.82, 2.24) is 30.9 Å². The van der Waals surface area contributed by atoms with Crippen molar-refractivity contribution in [3.63, 3.8) is 0 Å². The fraction of sp³-hybridized carbons (Fsp3) is 0.846. The van der Waals surface area contributed by atoms with Gasteiger partial charge in [-0.1, -0.05) is 103 Å². The Morgan fingerprint density at radius 3 is 1.41 bits per heavy atom. The van der Waals surface area contributed by atoms with Crippen molar-refractivity contribution >= 4 is 60.6 Å². The molecule has 0 aromatic rings. The van der Waals surface area contributed by atoms with E-state index in [2.05, 4.69) is 38.8 Å². The summed E-state index contributed by atoms with van der Waals surface area (Å²) in [5, 5.41) is 38.7. The summed E-state index contributed by atoms with van der Waals surface area (Å²) in [5.74, 6) is -3.11. The number of aliphatic hydroxyl groups is 1. The van der Waals surface area contributed by atoms with Gasteiger partial charge in [-0.05, 0) is 64.2 Å². The van der Waals surface area contributed by atoms with Crippen LogP contribution in [0.25, 0.3) is 0 Å². The number of carboxylic acids is 2. The van der Waals surface area contributed by atoms with Crippen LogP contribution in [0.15, 0.2) is 0 Å². The Hall–Kier alpha value is -3.89. The number of carboxylic acid groups (broad SMARTS) is 2. The molecule has 8 N–H and O–H groups in total. The zero-order valence-electron chi connectivity index (χ0n) is 44.0. The summed E-state index contributed by atoms with van der Waals surface area (Å²) in [6.45, 7) is 3.76. The zero-order valence-corrected chi connectivity index (χ0v) is 44.8. The van der Waals surface area contributed by atoms with Gasteiger partial charge in [-0.2, -0.15) is 0 Å². The van der Waals surface area contributed by atoms with E-state index in [4.69, 9.17) is 24.4 Å². The second-order valence-corrected chi connectivity index (χ2v) is 19.5. The minimum Gasteiger partial charge on any atom is -0.481 e. The Kier molecular flexibility index (Phi) is 41.8. The summed E-state index contributed by atoms with van der Waals surface area (Å²) < 4.78 is 19.0. The molecule has 0 aliphatic carbocycles. The third kappa shape index (κ3) is 37.5. The minimum atomic E-state index is -1.57. The van der Waals surface area contributed by atoms with Crippen LogP contribution >= 0.6 is 12.8 Å². The summed E-state index contributed by atoms with van der Waals surface area (Å²) >= 11 is 3.79. The summed E-state index contributed by atoms with van der Waals surface area (Å²) in [6.07, 6.45) is 23.5. The smallest absolute Gasteiger partial charge is 0.321 e. The molecule has 422 valence electrons. The predicted octanol–water partition coefficient (Wildman–Crippen LogP) is 5.17. The molecule has 0 aromatic carbocycles. The molecule has 1 saturated heterocycles. The number of nitrogens with zero attached hydrogens (tertiary/aromatic N) is 1. The van der Waals surface area contributed by atoms with Crippen molar-refractivity contribution in [3.8, 4) is 0 Å². The fourth-order valence-corrected chi connectivity index (χ4v) is 8.59. The fourth-order valence-electron chi connectivity index (χ4n) is 8.35. The van der Waals surface area contributed by atoms with Crippen LogP contribution in [0.2, 0.25) is 0 Å². The molecule has 2 atom stereocenters. The lowest BCUT2D eigenvalue weighted by molar-refractivity contribution is -0.139. The molecule has 0 saturated carbocycles. The molecule has 2 unspecified atom stereocenters. The van der Waals surface area contributed by atoms with Gasteiger partial charge in [0.05, 0.1) is 33.0 Å². The number of nitrogens with one attached hydrogen (secondary N) is 5. The maximum absolute atomic E-state index is 13.2. The first kappa shape index (κ1) is 67.1. The van der Waals surface area contributed by atoms with Crippen LogP contribution in [0.1, 0.15) is 186 Å². The van der Waals surface area contributed by atoms with E-state index in [-0.39, 0.29) is 61.6 Å². The first-order chi connectivity index (χ1) is 35.4. The van der Waals surface area contributed by atoms with Gasteiger partial charge in [-0.15, -0.1) is 0 Å². The van der Waals surface area contributed by atoms with Crippen molar-refractivity contribution < 1.29 is 67.9 Å². The maximum Gasteiger partial charge on any atom is 0.321 e. The van der Waals surface area contributed by atoms with Gasteiger partial charge in [0.1, 0.15) is 17.9 Å². The van der Waals surface area contributed by atoms with Crippen molar-refractivity contribution in [1.29, 1.82) is 0 Å². The van der Waals surface area contributed by atoms with Crippen LogP contribution in [-0.4, -0.2) is 159 Å². The first-order valence-corrected chi connectivity index (χ1v) is 27.9. The molecule has 20 nitrogen and oxygen atoms in total. The lowest BCUT2D eigenvalue weighted by atomic mass is 9.91. The van der Waals surface area contributed by atoms with Gasteiger partial charge < -0.3 is 60.5 Å². The molecule has 1 aliphatic rings. The summed E-state index contributed by atoms with van der Waals surface area (Å²) in [7, 11) is 0. The molecule has 0 spiro atoms. The lowest BCUT2D eigenvalue weighted by Crippen LogP contribution is -2.56. The average Bonchev–Trinajstić information content (AvgIpc) is 3.38. The summed E-state index contributed by atoms with van der Waals surface area (Å²) in [5.41, 5.74) is -1.57. The molecule has 0 radical (unpaired) electrons. The highest BCUT2D eigenvalue weighted by molar-refractivity contribution is 7.78. The van der Waals surface area contributed by atoms with Gasteiger partial charge in [-0.25, -0.2) is 0 Å². The van der Waals surface area contributed by atoms with Crippen molar-refractivity contribution in [2.45, 2.75) is 198 Å². The summed E-state index contributed by atoms with van der Waals surface area (Å²) in [6, 6.07) is -0.736. The molecule has 0 aromatic heterocycles. The maximum atomic E-state index is 13.2. The highest BCUT2D eigenvalue weighted by atomic mass is 32.1. The van der Waals surface area contributed by atoms with Crippen molar-refractivity contribution in [2.24, 2.45) is 5.92 Å². The van der Waals surface area contributed by atoms with E-state index >= 15 is 0 Å². The second-order valence-electron chi connectivity index (χ2n) is 19.2. The molecule has 1 heterocycles. The SMILES string of the molecule is O=CC(CO)(CCC(=O)NCCCOCCOCCOCCCNC(=O)CCC(=O)NCCCCC(NS)C(=O)O)NC(=O)C1CCN(C(=O)CCCCCCCCCCCCCCCCCCC(=O)O)CC1.